The Kier molecular flexibility index (Phi) is 3.73. The standard InChI is InChI=1S/C15H20N2O4/c1-10(15(19)20)16-4-6-17(7-5-16)13-9-21-14-8-11(18)2-3-12(13)14/h2-3,8,10,13,18H,4-7,9H2,1H3,(H,19,20). The molecule has 0 aliphatic carbocycles. The summed E-state index contributed by atoms with van der Waals surface area (Å²) < 4.78 is 5.65. The molecule has 2 unspecified atom stereocenters. The number of carbonyl (C=O) groups is 1. The molecule has 0 saturated carbocycles. The molecule has 2 N–H and O–H groups in total. The fraction of sp³-hybridized carbons (Fsp3) is 0.533. The van der Waals surface area contributed by atoms with E-state index in [2.05, 4.69) is 4.90 Å². The second-order valence-electron chi connectivity index (χ2n) is 5.64. The van der Waals surface area contributed by atoms with Crippen LogP contribution in [0.4, 0.5) is 0 Å². The number of carboxylic acids is 1. The van der Waals surface area contributed by atoms with Crippen LogP contribution < -0.4 is 4.74 Å². The number of phenols is 1. The zero-order chi connectivity index (χ0) is 15.0. The number of fused-ring (bicyclic) bond motifs is 1. The maximum atomic E-state index is 11.0. The van der Waals surface area contributed by atoms with Gasteiger partial charge in [-0.05, 0) is 19.1 Å². The lowest BCUT2D eigenvalue weighted by Crippen LogP contribution is -2.52. The molecule has 0 aromatic heterocycles. The molecule has 0 spiro atoms. The molecule has 0 bridgehead atoms. The van der Waals surface area contributed by atoms with E-state index in [0.717, 1.165) is 37.5 Å². The van der Waals surface area contributed by atoms with Crippen LogP contribution in [0.25, 0.3) is 0 Å². The third-order valence-electron chi connectivity index (χ3n) is 4.45. The van der Waals surface area contributed by atoms with E-state index >= 15 is 0 Å². The van der Waals surface area contributed by atoms with Crippen LogP contribution in [0.15, 0.2) is 18.2 Å². The van der Waals surface area contributed by atoms with E-state index < -0.39 is 12.0 Å². The van der Waals surface area contributed by atoms with Gasteiger partial charge in [0.25, 0.3) is 0 Å². The van der Waals surface area contributed by atoms with Crippen LogP contribution in [-0.2, 0) is 4.79 Å². The highest BCUT2D eigenvalue weighted by atomic mass is 16.5. The SMILES string of the molecule is CC(C(=O)O)N1CCN(C2COc3cc(O)ccc32)CC1. The van der Waals surface area contributed by atoms with Gasteiger partial charge in [0.2, 0.25) is 0 Å². The Hall–Kier alpha value is -1.79. The quantitative estimate of drug-likeness (QED) is 0.863. The zero-order valence-electron chi connectivity index (χ0n) is 12.0. The Morgan fingerprint density at radius 1 is 1.33 bits per heavy atom. The van der Waals surface area contributed by atoms with Gasteiger partial charge in [0.1, 0.15) is 24.1 Å². The summed E-state index contributed by atoms with van der Waals surface area (Å²) >= 11 is 0. The van der Waals surface area contributed by atoms with Crippen molar-refractivity contribution in [3.05, 3.63) is 23.8 Å². The van der Waals surface area contributed by atoms with Gasteiger partial charge < -0.3 is 14.9 Å². The van der Waals surface area contributed by atoms with Gasteiger partial charge in [0.05, 0.1) is 6.04 Å². The van der Waals surface area contributed by atoms with Crippen molar-refractivity contribution in [1.29, 1.82) is 0 Å². The number of aliphatic carboxylic acids is 1. The molecule has 1 aromatic carbocycles. The molecule has 0 radical (unpaired) electrons. The highest BCUT2D eigenvalue weighted by Crippen LogP contribution is 2.38. The minimum Gasteiger partial charge on any atom is -0.508 e. The topological polar surface area (TPSA) is 73.2 Å². The van der Waals surface area contributed by atoms with Crippen LogP contribution in [0.5, 0.6) is 11.5 Å². The van der Waals surface area contributed by atoms with Crippen molar-refractivity contribution in [1.82, 2.24) is 9.80 Å². The van der Waals surface area contributed by atoms with E-state index in [1.807, 2.05) is 11.0 Å². The van der Waals surface area contributed by atoms with Gasteiger partial charge >= 0.3 is 5.97 Å². The van der Waals surface area contributed by atoms with Crippen LogP contribution in [-0.4, -0.2) is 64.8 Å². The largest absolute Gasteiger partial charge is 0.508 e. The predicted octanol–water partition coefficient (Wildman–Crippen LogP) is 0.916. The summed E-state index contributed by atoms with van der Waals surface area (Å²) in [5, 5.41) is 18.6. The Balaban J connectivity index is 1.65. The predicted molar refractivity (Wildman–Crippen MR) is 76.6 cm³/mol. The summed E-state index contributed by atoms with van der Waals surface area (Å²) in [5.41, 5.74) is 1.10. The minimum atomic E-state index is -0.770. The first-order valence-electron chi connectivity index (χ1n) is 7.23. The molecule has 1 aromatic rings. The Labute approximate surface area is 123 Å². The number of carboxylic acid groups (broad SMARTS) is 1. The first-order valence-corrected chi connectivity index (χ1v) is 7.23. The first kappa shape index (κ1) is 14.2. The summed E-state index contributed by atoms with van der Waals surface area (Å²) in [5.74, 6) is 0.198. The Morgan fingerprint density at radius 3 is 2.71 bits per heavy atom. The van der Waals surface area contributed by atoms with Crippen molar-refractivity contribution in [3.8, 4) is 11.5 Å². The maximum Gasteiger partial charge on any atom is 0.320 e. The lowest BCUT2D eigenvalue weighted by molar-refractivity contribution is -0.143. The van der Waals surface area contributed by atoms with Crippen molar-refractivity contribution in [2.75, 3.05) is 32.8 Å². The molecule has 1 fully saturated rings. The number of hydrogen-bond acceptors (Lipinski definition) is 5. The van der Waals surface area contributed by atoms with Gasteiger partial charge in [-0.2, -0.15) is 0 Å². The van der Waals surface area contributed by atoms with Crippen molar-refractivity contribution < 1.29 is 19.7 Å². The molecule has 3 rings (SSSR count). The van der Waals surface area contributed by atoms with Crippen LogP contribution in [0.3, 0.4) is 0 Å². The second kappa shape index (κ2) is 5.54. The summed E-state index contributed by atoms with van der Waals surface area (Å²) in [4.78, 5) is 15.4. The number of phenolic OH excluding ortho intramolecular Hbond substituents is 1. The fourth-order valence-corrected chi connectivity index (χ4v) is 3.08. The van der Waals surface area contributed by atoms with Crippen molar-refractivity contribution in [2.45, 2.75) is 19.0 Å². The lowest BCUT2D eigenvalue weighted by Gasteiger charge is -2.39. The highest BCUT2D eigenvalue weighted by Gasteiger charge is 2.33. The molecule has 1 saturated heterocycles. The van der Waals surface area contributed by atoms with Crippen LogP contribution >= 0.6 is 0 Å². The molecule has 2 heterocycles. The third kappa shape index (κ3) is 2.69. The van der Waals surface area contributed by atoms with Gasteiger partial charge in [-0.25, -0.2) is 0 Å². The molecule has 6 heteroatoms. The van der Waals surface area contributed by atoms with Crippen LogP contribution in [0.2, 0.25) is 0 Å². The molecule has 114 valence electrons. The van der Waals surface area contributed by atoms with Gasteiger partial charge in [-0.15, -0.1) is 0 Å². The number of hydrogen-bond donors (Lipinski definition) is 2. The third-order valence-corrected chi connectivity index (χ3v) is 4.45. The van der Waals surface area contributed by atoms with Crippen LogP contribution in [0.1, 0.15) is 18.5 Å². The van der Waals surface area contributed by atoms with E-state index in [9.17, 15) is 9.90 Å². The molecular weight excluding hydrogens is 272 g/mol. The first-order chi connectivity index (χ1) is 10.1. The summed E-state index contributed by atoms with van der Waals surface area (Å²) in [6, 6.07) is 5.01. The molecule has 2 aliphatic heterocycles. The average molecular weight is 292 g/mol. The maximum absolute atomic E-state index is 11.0. The summed E-state index contributed by atoms with van der Waals surface area (Å²) in [6.07, 6.45) is 0. The van der Waals surface area contributed by atoms with Gasteiger partial charge in [0, 0.05) is 37.8 Å². The fourth-order valence-electron chi connectivity index (χ4n) is 3.08. The van der Waals surface area contributed by atoms with Gasteiger partial charge in [0.15, 0.2) is 0 Å². The second-order valence-corrected chi connectivity index (χ2v) is 5.64. The van der Waals surface area contributed by atoms with Crippen molar-refractivity contribution in [2.24, 2.45) is 0 Å². The summed E-state index contributed by atoms with van der Waals surface area (Å²) in [6.45, 7) is 5.47. The minimum absolute atomic E-state index is 0.197. The van der Waals surface area contributed by atoms with E-state index in [4.69, 9.17) is 9.84 Å². The van der Waals surface area contributed by atoms with E-state index in [-0.39, 0.29) is 11.8 Å². The molecule has 21 heavy (non-hydrogen) atoms. The number of ether oxygens (including phenoxy) is 1. The molecule has 6 nitrogen and oxygen atoms in total. The van der Waals surface area contributed by atoms with E-state index in [0.29, 0.717) is 6.61 Å². The average Bonchev–Trinajstić information content (AvgIpc) is 2.89. The van der Waals surface area contributed by atoms with E-state index in [1.54, 1.807) is 19.1 Å². The molecule has 0 amide bonds. The number of nitrogens with zero attached hydrogens (tertiary/aromatic N) is 2. The lowest BCUT2D eigenvalue weighted by atomic mass is 10.1. The number of aromatic hydroxyl groups is 1. The van der Waals surface area contributed by atoms with Gasteiger partial charge in [-0.1, -0.05) is 0 Å². The smallest absolute Gasteiger partial charge is 0.320 e. The van der Waals surface area contributed by atoms with Crippen molar-refractivity contribution >= 4 is 5.97 Å². The van der Waals surface area contributed by atoms with E-state index in [1.165, 1.54) is 0 Å². The Bertz CT molecular complexity index is 540. The number of rotatable bonds is 3. The Morgan fingerprint density at radius 2 is 2.05 bits per heavy atom. The van der Waals surface area contributed by atoms with Crippen LogP contribution in [0, 0.1) is 0 Å². The number of piperazine rings is 1. The zero-order valence-corrected chi connectivity index (χ0v) is 12.0. The van der Waals surface area contributed by atoms with Gasteiger partial charge in [-0.3, -0.25) is 14.6 Å². The normalized spacial score (nSPS) is 24.3. The molecule has 2 aliphatic rings. The molecule has 2 atom stereocenters. The molecular formula is C15H20N2O4. The number of benzene rings is 1. The highest BCUT2D eigenvalue weighted by molar-refractivity contribution is 5.72. The monoisotopic (exact) mass is 292 g/mol. The van der Waals surface area contributed by atoms with Crippen molar-refractivity contribution in [3.63, 3.8) is 0 Å². The summed E-state index contributed by atoms with van der Waals surface area (Å²) in [7, 11) is 0.